The van der Waals surface area contributed by atoms with Crippen LogP contribution in [0.25, 0.3) is 5.57 Å². The lowest BCUT2D eigenvalue weighted by Gasteiger charge is -2.26. The van der Waals surface area contributed by atoms with E-state index in [1.807, 2.05) is 39.6 Å². The van der Waals surface area contributed by atoms with Crippen molar-refractivity contribution in [2.24, 2.45) is 11.8 Å². The molecule has 0 spiro atoms. The lowest BCUT2D eigenvalue weighted by molar-refractivity contribution is -0.0987. The molecule has 0 amide bonds. The van der Waals surface area contributed by atoms with E-state index in [2.05, 4.69) is 51.5 Å². The number of aryl methyl sites for hydroxylation is 2. The molecule has 1 aliphatic carbocycles. The van der Waals surface area contributed by atoms with Gasteiger partial charge in [-0.2, -0.15) is 0 Å². The summed E-state index contributed by atoms with van der Waals surface area (Å²) in [6.45, 7) is 24.7. The first-order valence-corrected chi connectivity index (χ1v) is 16.4. The molecule has 0 atom stereocenters. The summed E-state index contributed by atoms with van der Waals surface area (Å²) in [7, 11) is 0. The zero-order chi connectivity index (χ0) is 36.3. The van der Waals surface area contributed by atoms with Crippen molar-refractivity contribution in [3.63, 3.8) is 0 Å². The van der Waals surface area contributed by atoms with Gasteiger partial charge in [-0.25, -0.2) is 9.37 Å². The monoisotopic (exact) mass is 649 g/mol. The number of carbonyl (C=O) groups excluding carboxylic acids is 4. The Morgan fingerprint density at radius 1 is 1.11 bits per heavy atom. The van der Waals surface area contributed by atoms with Gasteiger partial charge in [0.25, 0.3) is 0 Å². The van der Waals surface area contributed by atoms with Crippen LogP contribution >= 0.6 is 0 Å². The largest absolute Gasteiger partial charge is 0.358 e. The third-order valence-electron chi connectivity index (χ3n) is 7.44. The number of Topliss-reactive ketones (excluding diaryl/α,β-unsaturated/α-hetero) is 1. The minimum atomic E-state index is -0.439. The minimum absolute atomic E-state index is 0.0736. The Morgan fingerprint density at radius 2 is 1.66 bits per heavy atom. The average molecular weight is 650 g/mol. The van der Waals surface area contributed by atoms with E-state index in [-0.39, 0.29) is 11.6 Å². The van der Waals surface area contributed by atoms with Gasteiger partial charge in [0.15, 0.2) is 17.4 Å². The molecule has 47 heavy (non-hydrogen) atoms. The molecule has 2 aromatic heterocycles. The minimum Gasteiger partial charge on any atom is -0.358 e. The van der Waals surface area contributed by atoms with Crippen LogP contribution in [0.1, 0.15) is 137 Å². The Bertz CT molecular complexity index is 1440. The van der Waals surface area contributed by atoms with Gasteiger partial charge in [0.05, 0.1) is 17.9 Å². The third-order valence-corrected chi connectivity index (χ3v) is 7.44. The molecule has 1 N–H and O–H groups in total. The van der Waals surface area contributed by atoms with Crippen LogP contribution in [-0.2, 0) is 22.6 Å². The zero-order valence-corrected chi connectivity index (χ0v) is 30.3. The van der Waals surface area contributed by atoms with E-state index in [0.717, 1.165) is 51.5 Å². The van der Waals surface area contributed by atoms with Crippen molar-refractivity contribution in [3.05, 3.63) is 81.6 Å². The van der Waals surface area contributed by atoms with Gasteiger partial charge in [-0.05, 0) is 72.6 Å². The summed E-state index contributed by atoms with van der Waals surface area (Å²) in [5, 5.41) is 0. The standard InChI is InChI=1S/C25H24FN3O2.C5H12.C4H8.C3H8.2CH2O/c1-5-16-8-20-19(6-2)23-18(11-27-24(23)15(4)31)12-29(22(20)9-17(16)13-30)25-21(26)7-14(3)10-28-25;1-4-5(2)3;1-4-2-3-4;1-3-2;2*1-2/h6-11,13,27H,5,12H2,1-4H3;5H,4H2,1-3H3;4H,2-3H2,1H3;3H2,1-2H3;2*1H2/b19-6-;;;;;. The summed E-state index contributed by atoms with van der Waals surface area (Å²) in [5.74, 6) is 1.64. The summed E-state index contributed by atoms with van der Waals surface area (Å²) in [6, 6.07) is 5.22. The molecule has 1 fully saturated rings. The quantitative estimate of drug-likeness (QED) is 0.218. The van der Waals surface area contributed by atoms with Crippen LogP contribution in [0.3, 0.4) is 0 Å². The molecular weight excluding hydrogens is 593 g/mol. The molecule has 8 heteroatoms. The fourth-order valence-electron chi connectivity index (χ4n) is 4.45. The molecule has 1 aliphatic heterocycles. The van der Waals surface area contributed by atoms with Crippen LogP contribution in [0, 0.1) is 24.6 Å². The van der Waals surface area contributed by atoms with Crippen molar-refractivity contribution < 1.29 is 23.6 Å². The summed E-state index contributed by atoms with van der Waals surface area (Å²) >= 11 is 0. The number of pyridine rings is 1. The number of fused-ring (bicyclic) bond motifs is 2. The first-order valence-electron chi connectivity index (χ1n) is 16.4. The molecule has 0 unspecified atom stereocenters. The number of carbonyl (C=O) groups is 4. The number of aromatic amines is 1. The molecule has 3 heterocycles. The highest BCUT2D eigenvalue weighted by Crippen LogP contribution is 2.44. The number of allylic oxidation sites excluding steroid dienone is 1. The first-order chi connectivity index (χ1) is 22.5. The smallest absolute Gasteiger partial charge is 0.176 e. The Balaban J connectivity index is 0.00000111. The van der Waals surface area contributed by atoms with Gasteiger partial charge in [-0.15, -0.1) is 0 Å². The molecule has 7 nitrogen and oxygen atoms in total. The molecule has 5 rings (SSSR count). The zero-order valence-electron chi connectivity index (χ0n) is 30.3. The predicted molar refractivity (Wildman–Crippen MR) is 193 cm³/mol. The number of aromatic nitrogens is 2. The van der Waals surface area contributed by atoms with Gasteiger partial charge < -0.3 is 19.5 Å². The van der Waals surface area contributed by atoms with E-state index in [1.165, 1.54) is 38.7 Å². The van der Waals surface area contributed by atoms with E-state index in [0.29, 0.717) is 29.9 Å². The highest BCUT2D eigenvalue weighted by molar-refractivity contribution is 6.03. The summed E-state index contributed by atoms with van der Waals surface area (Å²) in [5.41, 5.74) is 6.78. The van der Waals surface area contributed by atoms with Crippen molar-refractivity contribution in [2.75, 3.05) is 4.90 Å². The maximum absolute atomic E-state index is 15.0. The molecule has 1 saturated carbocycles. The van der Waals surface area contributed by atoms with Gasteiger partial charge in [-0.1, -0.05) is 80.2 Å². The first kappa shape index (κ1) is 42.8. The van der Waals surface area contributed by atoms with Crippen LogP contribution < -0.4 is 4.90 Å². The number of anilines is 2. The molecule has 3 aromatic rings. The number of nitrogens with zero attached hydrogens (tertiary/aromatic N) is 2. The van der Waals surface area contributed by atoms with Crippen LogP contribution in [-0.4, -0.2) is 35.6 Å². The molecule has 0 radical (unpaired) electrons. The number of rotatable bonds is 5. The summed E-state index contributed by atoms with van der Waals surface area (Å²) in [6.07, 6.45) is 12.4. The van der Waals surface area contributed by atoms with E-state index < -0.39 is 5.82 Å². The number of aldehydes is 1. The van der Waals surface area contributed by atoms with E-state index >= 15 is 4.39 Å². The highest BCUT2D eigenvalue weighted by atomic mass is 19.1. The second kappa shape index (κ2) is 22.3. The Hall–Kier alpha value is -4.20. The summed E-state index contributed by atoms with van der Waals surface area (Å²) < 4.78 is 15.0. The fraction of sp³-hybridized carbons (Fsp3) is 0.462. The number of ketones is 1. The van der Waals surface area contributed by atoms with E-state index in [1.54, 1.807) is 30.3 Å². The van der Waals surface area contributed by atoms with Crippen molar-refractivity contribution >= 4 is 42.7 Å². The van der Waals surface area contributed by atoms with E-state index in [4.69, 9.17) is 9.59 Å². The van der Waals surface area contributed by atoms with E-state index in [9.17, 15) is 9.59 Å². The van der Waals surface area contributed by atoms with Crippen LogP contribution in [0.2, 0.25) is 0 Å². The van der Waals surface area contributed by atoms with Crippen molar-refractivity contribution in [1.29, 1.82) is 0 Å². The SMILES string of the molecule is C/C=C1/c2cc(CC)c(C=O)cc2N(c2ncc(C)cc2F)Cc2c[nH]c(C(C)=O)c21.C=O.C=O.CC1CC1.CCC.CCC(C)C. The maximum Gasteiger partial charge on any atom is 0.176 e. The van der Waals surface area contributed by atoms with Crippen molar-refractivity contribution in [3.8, 4) is 0 Å². The fourth-order valence-corrected chi connectivity index (χ4v) is 4.45. The molecule has 0 bridgehead atoms. The lowest BCUT2D eigenvalue weighted by atomic mass is 9.91. The van der Waals surface area contributed by atoms with Crippen LogP contribution in [0.4, 0.5) is 15.9 Å². The molecule has 0 saturated heterocycles. The van der Waals surface area contributed by atoms with Gasteiger partial charge in [-0.3, -0.25) is 9.59 Å². The molecule has 1 aromatic carbocycles. The second-order valence-electron chi connectivity index (χ2n) is 12.0. The molecule has 258 valence electrons. The maximum atomic E-state index is 15.0. The second-order valence-corrected chi connectivity index (χ2v) is 12.0. The van der Waals surface area contributed by atoms with Gasteiger partial charge >= 0.3 is 0 Å². The van der Waals surface area contributed by atoms with Gasteiger partial charge in [0, 0.05) is 36.0 Å². The van der Waals surface area contributed by atoms with Crippen molar-refractivity contribution in [1.82, 2.24) is 9.97 Å². The Kier molecular flexibility index (Phi) is 20.4. The summed E-state index contributed by atoms with van der Waals surface area (Å²) in [4.78, 5) is 49.4. The number of nitrogens with one attached hydrogen (secondary N) is 1. The van der Waals surface area contributed by atoms with Gasteiger partial charge in [0.2, 0.25) is 0 Å². The third kappa shape index (κ3) is 12.5. The molecule has 2 aliphatic rings. The number of halogens is 1. The number of hydrogen-bond acceptors (Lipinski definition) is 6. The number of H-pyrrole nitrogens is 1. The van der Waals surface area contributed by atoms with Crippen molar-refractivity contribution in [2.45, 2.75) is 108 Å². The average Bonchev–Trinajstić information content (AvgIpc) is 3.77. The van der Waals surface area contributed by atoms with Crippen LogP contribution in [0.15, 0.2) is 36.7 Å². The predicted octanol–water partition coefficient (Wildman–Crippen LogP) is 10.1. The number of hydrogen-bond donors (Lipinski definition) is 1. The van der Waals surface area contributed by atoms with Gasteiger partial charge in [0.1, 0.15) is 19.9 Å². The lowest BCUT2D eigenvalue weighted by Crippen LogP contribution is -2.19. The Morgan fingerprint density at radius 3 is 2.06 bits per heavy atom. The number of benzene rings is 1. The highest BCUT2D eigenvalue weighted by Gasteiger charge is 2.30. The molecular formula is C39H56FN3O4. The normalized spacial score (nSPS) is 13.2. The van der Waals surface area contributed by atoms with Crippen LogP contribution in [0.5, 0.6) is 0 Å². The Labute approximate surface area is 282 Å². The topological polar surface area (TPSA) is 100 Å².